The molecule has 1 amide bonds. The lowest BCUT2D eigenvalue weighted by atomic mass is 10.3. The molecule has 0 spiro atoms. The molecule has 1 aromatic heterocycles. The van der Waals surface area contributed by atoms with Gasteiger partial charge in [-0.25, -0.2) is 0 Å². The minimum absolute atomic E-state index is 0. The molecule has 1 unspecified atom stereocenters. The van der Waals surface area contributed by atoms with Crippen LogP contribution >= 0.6 is 23.1 Å². The van der Waals surface area contributed by atoms with Crippen LogP contribution in [0.15, 0.2) is 5.51 Å². The first kappa shape index (κ1) is 16.8. The Hall–Kier alpha value is -0.300. The van der Waals surface area contributed by atoms with Crippen LogP contribution in [-0.2, 0) is 11.3 Å². The van der Waals surface area contributed by atoms with Crippen molar-refractivity contribution in [2.24, 2.45) is 0 Å². The molecule has 1 aliphatic heterocycles. The number of thioether (sulfide) groups is 1. The van der Waals surface area contributed by atoms with Crippen LogP contribution in [0.3, 0.4) is 0 Å². The van der Waals surface area contributed by atoms with E-state index >= 15 is 0 Å². The summed E-state index contributed by atoms with van der Waals surface area (Å²) in [4.78, 5) is 15.0. The lowest BCUT2D eigenvalue weighted by Crippen LogP contribution is -3.00. The Morgan fingerprint density at radius 1 is 1.53 bits per heavy atom. The van der Waals surface area contributed by atoms with Crippen molar-refractivity contribution in [1.82, 2.24) is 4.90 Å². The molecule has 1 N–H and O–H groups in total. The third-order valence-electron chi connectivity index (χ3n) is 3.14. The third-order valence-corrected chi connectivity index (χ3v) is 5.34. The van der Waals surface area contributed by atoms with Crippen LogP contribution in [0.1, 0.15) is 23.6 Å². The first-order valence-electron chi connectivity index (χ1n) is 6.10. The summed E-state index contributed by atoms with van der Waals surface area (Å²) in [6, 6.07) is 0. The van der Waals surface area contributed by atoms with Gasteiger partial charge in [0.15, 0.2) is 5.69 Å². The number of aromatic nitrogens is 1. The molecule has 1 saturated heterocycles. The summed E-state index contributed by atoms with van der Waals surface area (Å²) in [6.07, 6.45) is -0.460. The van der Waals surface area contributed by atoms with Gasteiger partial charge in [0.1, 0.15) is 4.88 Å². The third kappa shape index (κ3) is 4.08. The molecule has 2 rings (SSSR count). The number of carbonyl (C=O) groups is 1. The molecule has 19 heavy (non-hydrogen) atoms. The average Bonchev–Trinajstić information content (AvgIpc) is 2.72. The molecule has 0 radical (unpaired) electrons. The van der Waals surface area contributed by atoms with Gasteiger partial charge in [0, 0.05) is 31.5 Å². The van der Waals surface area contributed by atoms with E-state index in [1.807, 2.05) is 33.7 Å². The second-order valence-corrected chi connectivity index (χ2v) is 6.58. The second kappa shape index (κ2) is 7.47. The maximum atomic E-state index is 12.1. The zero-order chi connectivity index (χ0) is 13.1. The highest BCUT2D eigenvalue weighted by Gasteiger charge is 2.24. The summed E-state index contributed by atoms with van der Waals surface area (Å²) < 4.78 is 1.94. The number of carbonyl (C=O) groups excluding carboxylic acids is 1. The maximum Gasteiger partial charge on any atom is 0.288 e. The van der Waals surface area contributed by atoms with Crippen molar-refractivity contribution >= 4 is 29.0 Å². The van der Waals surface area contributed by atoms with Gasteiger partial charge in [-0.15, -0.1) is 0 Å². The Morgan fingerprint density at radius 2 is 2.16 bits per heavy atom. The SMILES string of the molecule is Cc1c(C(C)O)sc[n+]1CC(=O)N1CCSCC1.[Cl-]. The number of thiazole rings is 1. The van der Waals surface area contributed by atoms with Crippen molar-refractivity contribution in [2.75, 3.05) is 24.6 Å². The lowest BCUT2D eigenvalue weighted by molar-refractivity contribution is -0.686. The molecule has 2 heterocycles. The fourth-order valence-corrected chi connectivity index (χ4v) is 3.90. The van der Waals surface area contributed by atoms with Gasteiger partial charge < -0.3 is 22.4 Å². The summed E-state index contributed by atoms with van der Waals surface area (Å²) >= 11 is 3.41. The van der Waals surface area contributed by atoms with E-state index in [4.69, 9.17) is 0 Å². The van der Waals surface area contributed by atoms with E-state index in [1.165, 1.54) is 11.3 Å². The number of rotatable bonds is 3. The standard InChI is InChI=1S/C12H19N2O2S2.ClH/c1-9-12(10(2)15)18-8-14(9)7-11(16)13-3-5-17-6-4-13;/h8,10,15H,3-7H2,1-2H3;1H/q+1;/p-1. The monoisotopic (exact) mass is 322 g/mol. The Morgan fingerprint density at radius 3 is 2.68 bits per heavy atom. The number of nitrogens with zero attached hydrogens (tertiary/aromatic N) is 2. The van der Waals surface area contributed by atoms with Gasteiger partial charge in [0.05, 0.1) is 6.10 Å². The van der Waals surface area contributed by atoms with Crippen LogP contribution in [-0.4, -0.2) is 40.5 Å². The fourth-order valence-electron chi connectivity index (χ4n) is 2.04. The number of halogens is 1. The van der Waals surface area contributed by atoms with E-state index < -0.39 is 6.10 Å². The molecule has 1 fully saturated rings. The molecule has 1 atom stereocenters. The van der Waals surface area contributed by atoms with Crippen LogP contribution in [0.5, 0.6) is 0 Å². The van der Waals surface area contributed by atoms with Crippen molar-refractivity contribution in [3.63, 3.8) is 0 Å². The summed E-state index contributed by atoms with van der Waals surface area (Å²) in [6.45, 7) is 5.82. The van der Waals surface area contributed by atoms with Gasteiger partial charge >= 0.3 is 0 Å². The highest BCUT2D eigenvalue weighted by Crippen LogP contribution is 2.19. The number of hydrogen-bond acceptors (Lipinski definition) is 4. The quantitative estimate of drug-likeness (QED) is 0.653. The van der Waals surface area contributed by atoms with Crippen molar-refractivity contribution < 1.29 is 26.9 Å². The number of hydrogen-bond donors (Lipinski definition) is 1. The molecule has 4 nitrogen and oxygen atoms in total. The average molecular weight is 323 g/mol. The first-order chi connectivity index (χ1) is 8.59. The zero-order valence-electron chi connectivity index (χ0n) is 11.1. The number of amides is 1. The van der Waals surface area contributed by atoms with Gasteiger partial charge in [0.25, 0.3) is 5.91 Å². The largest absolute Gasteiger partial charge is 1.00 e. The minimum atomic E-state index is -0.460. The molecule has 0 saturated carbocycles. The summed E-state index contributed by atoms with van der Waals surface area (Å²) in [7, 11) is 0. The van der Waals surface area contributed by atoms with Gasteiger partial charge in [-0.3, -0.25) is 4.79 Å². The summed E-state index contributed by atoms with van der Waals surface area (Å²) in [5.74, 6) is 2.26. The normalized spacial score (nSPS) is 16.9. The molecular formula is C12H19ClN2O2S2. The Labute approximate surface area is 128 Å². The predicted molar refractivity (Wildman–Crippen MR) is 73.8 cm³/mol. The number of aliphatic hydroxyl groups is 1. The van der Waals surface area contributed by atoms with Crippen molar-refractivity contribution in [1.29, 1.82) is 0 Å². The predicted octanol–water partition coefficient (Wildman–Crippen LogP) is -2.02. The van der Waals surface area contributed by atoms with E-state index in [0.29, 0.717) is 6.54 Å². The number of aliphatic hydroxyl groups excluding tert-OH is 1. The lowest BCUT2D eigenvalue weighted by Gasteiger charge is -2.25. The molecule has 0 bridgehead atoms. The van der Waals surface area contributed by atoms with Crippen molar-refractivity contribution in [2.45, 2.75) is 26.5 Å². The molecule has 0 aliphatic carbocycles. The Bertz CT molecular complexity index is 431. The van der Waals surface area contributed by atoms with Gasteiger partial charge in [-0.05, 0) is 6.92 Å². The van der Waals surface area contributed by atoms with Crippen LogP contribution < -0.4 is 17.0 Å². The summed E-state index contributed by atoms with van der Waals surface area (Å²) in [5.41, 5.74) is 2.92. The fraction of sp³-hybridized carbons (Fsp3) is 0.667. The highest BCUT2D eigenvalue weighted by atomic mass is 35.5. The maximum absolute atomic E-state index is 12.1. The Kier molecular flexibility index (Phi) is 6.59. The Balaban J connectivity index is 0.00000180. The molecule has 108 valence electrons. The van der Waals surface area contributed by atoms with E-state index in [0.717, 1.165) is 35.2 Å². The molecular weight excluding hydrogens is 304 g/mol. The van der Waals surface area contributed by atoms with E-state index in [-0.39, 0.29) is 18.3 Å². The zero-order valence-corrected chi connectivity index (χ0v) is 13.5. The topological polar surface area (TPSA) is 44.4 Å². The second-order valence-electron chi connectivity index (χ2n) is 4.47. The van der Waals surface area contributed by atoms with Crippen LogP contribution in [0, 0.1) is 6.92 Å². The van der Waals surface area contributed by atoms with Crippen LogP contribution in [0.4, 0.5) is 0 Å². The smallest absolute Gasteiger partial charge is 0.288 e. The van der Waals surface area contributed by atoms with Crippen molar-refractivity contribution in [3.8, 4) is 0 Å². The highest BCUT2D eigenvalue weighted by molar-refractivity contribution is 7.99. The van der Waals surface area contributed by atoms with E-state index in [1.54, 1.807) is 6.92 Å². The van der Waals surface area contributed by atoms with Gasteiger partial charge in [0.2, 0.25) is 12.1 Å². The molecule has 7 heteroatoms. The van der Waals surface area contributed by atoms with Gasteiger partial charge in [-0.1, -0.05) is 11.3 Å². The van der Waals surface area contributed by atoms with Crippen molar-refractivity contribution in [3.05, 3.63) is 16.1 Å². The molecule has 1 aromatic rings. The van der Waals surface area contributed by atoms with Gasteiger partial charge in [-0.2, -0.15) is 16.3 Å². The van der Waals surface area contributed by atoms with Crippen LogP contribution in [0.2, 0.25) is 0 Å². The minimum Gasteiger partial charge on any atom is -1.00 e. The van der Waals surface area contributed by atoms with E-state index in [9.17, 15) is 9.90 Å². The first-order valence-corrected chi connectivity index (χ1v) is 8.14. The molecule has 0 aromatic carbocycles. The molecule has 1 aliphatic rings. The van der Waals surface area contributed by atoms with E-state index in [2.05, 4.69) is 0 Å². The van der Waals surface area contributed by atoms with Crippen LogP contribution in [0.25, 0.3) is 0 Å². The summed E-state index contributed by atoms with van der Waals surface area (Å²) in [5, 5.41) is 9.60.